The molecule has 5 rings (SSSR count). The van der Waals surface area contributed by atoms with E-state index in [1.165, 1.54) is 11.8 Å². The van der Waals surface area contributed by atoms with Gasteiger partial charge in [-0.25, -0.2) is 4.99 Å². The van der Waals surface area contributed by atoms with Crippen LogP contribution in [-0.2, 0) is 11.3 Å². The monoisotopic (exact) mass is 472 g/mol. The predicted octanol–water partition coefficient (Wildman–Crippen LogP) is 4.96. The predicted molar refractivity (Wildman–Crippen MR) is 134 cm³/mol. The summed E-state index contributed by atoms with van der Waals surface area (Å²) >= 11 is 2.90. The first-order valence-corrected chi connectivity index (χ1v) is 11.9. The zero-order chi connectivity index (χ0) is 22.9. The highest BCUT2D eigenvalue weighted by molar-refractivity contribution is 8.19. The van der Waals surface area contributed by atoms with Crippen LogP contribution in [0.5, 0.6) is 0 Å². The number of para-hydroxylation sites is 2. The molecule has 0 aromatic heterocycles. The van der Waals surface area contributed by atoms with E-state index in [9.17, 15) is 9.59 Å². The fraction of sp³-hybridized carbons (Fsp3) is 0.0800. The fourth-order valence-electron chi connectivity index (χ4n) is 3.71. The van der Waals surface area contributed by atoms with Crippen LogP contribution in [0.2, 0.25) is 0 Å². The largest absolute Gasteiger partial charge is 0.366 e. The van der Waals surface area contributed by atoms with E-state index in [1.807, 2.05) is 66.5 Å². The van der Waals surface area contributed by atoms with Gasteiger partial charge in [-0.1, -0.05) is 66.4 Å². The standard InChI is InChI=1S/C25H20N4O2S2/c1-28-19-13-7-8-14-20(19)32-24(28)21-23(31)29(15-16-9-3-2-4-10-16)25(33-21)27-18-12-6-5-11-17(18)22(26)30/h2-14H,15H2,1H3,(H2,26,30). The van der Waals surface area contributed by atoms with Gasteiger partial charge in [0.15, 0.2) is 5.17 Å². The molecule has 0 aliphatic carbocycles. The maximum atomic E-state index is 13.6. The van der Waals surface area contributed by atoms with E-state index in [4.69, 9.17) is 10.7 Å². The molecule has 33 heavy (non-hydrogen) atoms. The Labute approximate surface area is 200 Å². The summed E-state index contributed by atoms with van der Waals surface area (Å²) in [7, 11) is 1.97. The molecular formula is C25H20N4O2S2. The van der Waals surface area contributed by atoms with Crippen molar-refractivity contribution in [3.8, 4) is 0 Å². The van der Waals surface area contributed by atoms with Crippen molar-refractivity contribution in [2.45, 2.75) is 11.4 Å². The van der Waals surface area contributed by atoms with Crippen LogP contribution in [0.1, 0.15) is 15.9 Å². The van der Waals surface area contributed by atoms with Gasteiger partial charge in [-0.3, -0.25) is 14.5 Å². The second kappa shape index (κ2) is 8.80. The normalized spacial score (nSPS) is 18.8. The molecule has 6 nitrogen and oxygen atoms in total. The molecule has 1 fully saturated rings. The van der Waals surface area contributed by atoms with Gasteiger partial charge in [-0.2, -0.15) is 0 Å². The molecule has 0 bridgehead atoms. The van der Waals surface area contributed by atoms with Crippen molar-refractivity contribution in [2.75, 3.05) is 11.9 Å². The maximum Gasteiger partial charge on any atom is 0.269 e. The summed E-state index contributed by atoms with van der Waals surface area (Å²) in [5.74, 6) is -0.666. The van der Waals surface area contributed by atoms with E-state index in [-0.39, 0.29) is 5.91 Å². The molecule has 8 heteroatoms. The summed E-state index contributed by atoms with van der Waals surface area (Å²) in [6.45, 7) is 0.377. The molecule has 164 valence electrons. The molecule has 0 radical (unpaired) electrons. The number of anilines is 1. The zero-order valence-electron chi connectivity index (χ0n) is 17.8. The van der Waals surface area contributed by atoms with Crippen LogP contribution in [0.15, 0.2) is 98.7 Å². The lowest BCUT2D eigenvalue weighted by Gasteiger charge is -2.17. The number of rotatable bonds is 4. The number of aliphatic imine (C=N–C) groups is 1. The quantitative estimate of drug-likeness (QED) is 0.543. The van der Waals surface area contributed by atoms with Gasteiger partial charge in [-0.05, 0) is 41.6 Å². The topological polar surface area (TPSA) is 79.0 Å². The minimum absolute atomic E-state index is 0.110. The Kier molecular flexibility index (Phi) is 5.70. The fourth-order valence-corrected chi connectivity index (χ4v) is 6.04. The van der Waals surface area contributed by atoms with E-state index in [0.29, 0.717) is 27.9 Å². The number of primary amides is 1. The van der Waals surface area contributed by atoms with Crippen LogP contribution < -0.4 is 10.6 Å². The minimum Gasteiger partial charge on any atom is -0.366 e. The van der Waals surface area contributed by atoms with Gasteiger partial charge in [-0.15, -0.1) is 0 Å². The average Bonchev–Trinajstić information content (AvgIpc) is 3.32. The van der Waals surface area contributed by atoms with Crippen LogP contribution in [0.3, 0.4) is 0 Å². The molecule has 0 atom stereocenters. The van der Waals surface area contributed by atoms with Gasteiger partial charge >= 0.3 is 0 Å². The summed E-state index contributed by atoms with van der Waals surface area (Å²) < 4.78 is 0. The van der Waals surface area contributed by atoms with Crippen molar-refractivity contribution in [3.05, 3.63) is 99.9 Å². The lowest BCUT2D eigenvalue weighted by Crippen LogP contribution is -2.29. The Morgan fingerprint density at radius 1 is 0.939 bits per heavy atom. The highest BCUT2D eigenvalue weighted by Gasteiger charge is 2.39. The minimum atomic E-state index is -0.556. The van der Waals surface area contributed by atoms with Gasteiger partial charge in [0.05, 0.1) is 28.5 Å². The zero-order valence-corrected chi connectivity index (χ0v) is 19.4. The number of carbonyl (C=O) groups excluding carboxylic acids is 2. The lowest BCUT2D eigenvalue weighted by molar-refractivity contribution is -0.122. The summed E-state index contributed by atoms with van der Waals surface area (Å²) in [6, 6.07) is 24.8. The van der Waals surface area contributed by atoms with Gasteiger partial charge in [0, 0.05) is 11.9 Å². The number of hydrogen-bond acceptors (Lipinski definition) is 6. The molecule has 2 heterocycles. The Bertz CT molecular complexity index is 1320. The molecule has 0 spiro atoms. The third kappa shape index (κ3) is 4.03. The van der Waals surface area contributed by atoms with E-state index in [2.05, 4.69) is 0 Å². The number of hydrogen-bond donors (Lipinski definition) is 1. The Balaban J connectivity index is 1.59. The van der Waals surface area contributed by atoms with Crippen molar-refractivity contribution in [2.24, 2.45) is 10.7 Å². The summed E-state index contributed by atoms with van der Waals surface area (Å²) in [5.41, 5.74) is 8.37. The van der Waals surface area contributed by atoms with E-state index < -0.39 is 5.91 Å². The number of amides is 2. The van der Waals surface area contributed by atoms with E-state index >= 15 is 0 Å². The molecule has 2 aliphatic heterocycles. The summed E-state index contributed by atoms with van der Waals surface area (Å²) in [6.07, 6.45) is 0. The van der Waals surface area contributed by atoms with Crippen LogP contribution in [0.25, 0.3) is 0 Å². The molecule has 2 aliphatic rings. The van der Waals surface area contributed by atoms with E-state index in [0.717, 1.165) is 21.2 Å². The first kappa shape index (κ1) is 21.4. The van der Waals surface area contributed by atoms with E-state index in [1.54, 1.807) is 40.9 Å². The van der Waals surface area contributed by atoms with Gasteiger partial charge < -0.3 is 10.6 Å². The third-order valence-electron chi connectivity index (χ3n) is 5.36. The van der Waals surface area contributed by atoms with Crippen LogP contribution >= 0.6 is 23.5 Å². The first-order valence-electron chi connectivity index (χ1n) is 10.3. The lowest BCUT2D eigenvalue weighted by atomic mass is 10.2. The van der Waals surface area contributed by atoms with Gasteiger partial charge in [0.2, 0.25) is 0 Å². The first-order chi connectivity index (χ1) is 16.0. The van der Waals surface area contributed by atoms with Crippen molar-refractivity contribution in [1.29, 1.82) is 0 Å². The SMILES string of the molecule is CN1C(=C2SC(=Nc3ccccc3C(N)=O)N(Cc3ccccc3)C2=O)Sc2ccccc21. The van der Waals surface area contributed by atoms with Crippen molar-refractivity contribution in [1.82, 2.24) is 4.90 Å². The summed E-state index contributed by atoms with van der Waals surface area (Å²) in [4.78, 5) is 35.7. The number of nitrogens with zero attached hydrogens (tertiary/aromatic N) is 3. The Hall–Kier alpha value is -3.49. The van der Waals surface area contributed by atoms with Crippen molar-refractivity contribution < 1.29 is 9.59 Å². The van der Waals surface area contributed by atoms with Gasteiger partial charge in [0.1, 0.15) is 4.91 Å². The Morgan fingerprint density at radius 3 is 2.39 bits per heavy atom. The molecule has 3 aromatic rings. The smallest absolute Gasteiger partial charge is 0.269 e. The van der Waals surface area contributed by atoms with Gasteiger partial charge in [0.25, 0.3) is 11.8 Å². The van der Waals surface area contributed by atoms with Crippen LogP contribution in [-0.4, -0.2) is 28.9 Å². The van der Waals surface area contributed by atoms with Crippen molar-refractivity contribution >= 4 is 51.9 Å². The third-order valence-corrected chi connectivity index (χ3v) is 7.80. The molecule has 2 N–H and O–H groups in total. The maximum absolute atomic E-state index is 13.6. The second-order valence-electron chi connectivity index (χ2n) is 7.52. The van der Waals surface area contributed by atoms with Crippen LogP contribution in [0.4, 0.5) is 11.4 Å². The number of benzene rings is 3. The number of nitrogens with two attached hydrogens (primary N) is 1. The number of thioether (sulfide) groups is 2. The van der Waals surface area contributed by atoms with Crippen LogP contribution in [0, 0.1) is 0 Å². The average molecular weight is 473 g/mol. The molecule has 0 saturated carbocycles. The summed E-state index contributed by atoms with van der Waals surface area (Å²) in [5, 5.41) is 1.39. The molecule has 2 amide bonds. The number of carbonyl (C=O) groups is 2. The highest BCUT2D eigenvalue weighted by Crippen LogP contribution is 2.50. The van der Waals surface area contributed by atoms with Crippen molar-refractivity contribution in [3.63, 3.8) is 0 Å². The second-order valence-corrected chi connectivity index (χ2v) is 9.53. The number of fused-ring (bicyclic) bond motifs is 1. The molecule has 0 unspecified atom stereocenters. The number of amidine groups is 1. The highest BCUT2D eigenvalue weighted by atomic mass is 32.2. The molecule has 1 saturated heterocycles. The molecule has 3 aromatic carbocycles. The Morgan fingerprint density at radius 2 is 1.64 bits per heavy atom. The molecular weight excluding hydrogens is 452 g/mol.